The molecule has 5 heterocycles. The molecule has 0 aliphatic carbocycles. The maximum atomic E-state index is 15.2. The second kappa shape index (κ2) is 11.2. The van der Waals surface area contributed by atoms with E-state index in [4.69, 9.17) is 4.74 Å². The molecule has 1 aromatic carbocycles. The quantitative estimate of drug-likeness (QED) is 0.263. The summed E-state index contributed by atoms with van der Waals surface area (Å²) in [4.78, 5) is 22.6. The molecule has 41 heavy (non-hydrogen) atoms. The molecule has 1 aliphatic heterocycles. The van der Waals surface area contributed by atoms with Gasteiger partial charge in [0.1, 0.15) is 23.4 Å². The van der Waals surface area contributed by atoms with Gasteiger partial charge in [-0.1, -0.05) is 6.58 Å². The van der Waals surface area contributed by atoms with Crippen LogP contribution in [0.2, 0.25) is 0 Å². The number of carbonyl (C=O) groups excluding carboxylic acids is 1. The van der Waals surface area contributed by atoms with E-state index < -0.39 is 5.82 Å². The third-order valence-corrected chi connectivity index (χ3v) is 7.23. The third-order valence-electron chi connectivity index (χ3n) is 7.23. The van der Waals surface area contributed by atoms with Crippen LogP contribution in [0, 0.1) is 12.7 Å². The Bertz CT molecular complexity index is 1720. The summed E-state index contributed by atoms with van der Waals surface area (Å²) in [6, 6.07) is 12.3. The lowest BCUT2D eigenvalue weighted by molar-refractivity contribution is -0.127. The van der Waals surface area contributed by atoms with Gasteiger partial charge in [-0.2, -0.15) is 5.10 Å². The summed E-state index contributed by atoms with van der Waals surface area (Å²) >= 11 is 0. The zero-order chi connectivity index (χ0) is 28.3. The van der Waals surface area contributed by atoms with Crippen molar-refractivity contribution in [2.75, 3.05) is 18.4 Å². The standard InChI is InChI=1S/C30H29FN8O2/c1-3-28(40)37-12-7-21(8-13-37)24-9-15-39-29(24)30(33-19-34-39)35-26-5-4-23(17-25(26)31)41-27-10-14-38(36-27)18-22-16-20(2)6-11-32-22/h3-6,9-11,14-17,19,21H,1,7-8,12-13,18H2,2H3,(H,33,34,35). The first-order valence-electron chi connectivity index (χ1n) is 13.4. The first-order chi connectivity index (χ1) is 20.0. The molecule has 208 valence electrons. The van der Waals surface area contributed by atoms with Gasteiger partial charge in [0.15, 0.2) is 5.82 Å². The van der Waals surface area contributed by atoms with Crippen molar-refractivity contribution in [3.05, 3.63) is 103 Å². The van der Waals surface area contributed by atoms with Crippen molar-refractivity contribution in [3.63, 3.8) is 0 Å². The first kappa shape index (κ1) is 26.2. The lowest BCUT2D eigenvalue weighted by Crippen LogP contribution is -2.36. The van der Waals surface area contributed by atoms with Crippen LogP contribution in [0.3, 0.4) is 0 Å². The summed E-state index contributed by atoms with van der Waals surface area (Å²) in [5.74, 6) is 0.861. The molecule has 1 aliphatic rings. The fourth-order valence-electron chi connectivity index (χ4n) is 5.19. The lowest BCUT2D eigenvalue weighted by atomic mass is 9.90. The van der Waals surface area contributed by atoms with Crippen LogP contribution in [0.5, 0.6) is 11.6 Å². The summed E-state index contributed by atoms with van der Waals surface area (Å²) < 4.78 is 24.5. The van der Waals surface area contributed by atoms with E-state index in [9.17, 15) is 4.79 Å². The van der Waals surface area contributed by atoms with Crippen LogP contribution in [0.15, 0.2) is 80.0 Å². The summed E-state index contributed by atoms with van der Waals surface area (Å²) in [6.45, 7) is 7.41. The average molecular weight is 553 g/mol. The van der Waals surface area contributed by atoms with Crippen molar-refractivity contribution in [2.45, 2.75) is 32.2 Å². The predicted octanol–water partition coefficient (Wildman–Crippen LogP) is 5.24. The molecule has 1 N–H and O–H groups in total. The number of nitrogens with zero attached hydrogens (tertiary/aromatic N) is 7. The lowest BCUT2D eigenvalue weighted by Gasteiger charge is -2.31. The van der Waals surface area contributed by atoms with Crippen molar-refractivity contribution in [3.8, 4) is 11.6 Å². The molecule has 6 rings (SSSR count). The fourth-order valence-corrected chi connectivity index (χ4v) is 5.19. The number of hydrogen-bond acceptors (Lipinski definition) is 7. The molecule has 0 radical (unpaired) electrons. The van der Waals surface area contributed by atoms with E-state index in [0.717, 1.165) is 35.2 Å². The smallest absolute Gasteiger partial charge is 0.245 e. The number of pyridine rings is 1. The Morgan fingerprint density at radius 2 is 2.00 bits per heavy atom. The number of halogens is 1. The Hall–Kier alpha value is -5.06. The summed E-state index contributed by atoms with van der Waals surface area (Å²) in [5, 5.41) is 11.9. The van der Waals surface area contributed by atoms with E-state index in [-0.39, 0.29) is 17.5 Å². The molecule has 0 saturated carbocycles. The minimum Gasteiger partial charge on any atom is -0.437 e. The van der Waals surface area contributed by atoms with Gasteiger partial charge in [0.2, 0.25) is 11.8 Å². The SMILES string of the molecule is C=CC(=O)N1CCC(c2ccn3ncnc(Nc4ccc(Oc5ccn(Cc6cc(C)ccn6)n5)cc4F)c23)CC1. The van der Waals surface area contributed by atoms with Crippen LogP contribution in [-0.2, 0) is 11.3 Å². The van der Waals surface area contributed by atoms with E-state index in [0.29, 0.717) is 37.1 Å². The molecule has 1 amide bonds. The van der Waals surface area contributed by atoms with Crippen molar-refractivity contribution < 1.29 is 13.9 Å². The Balaban J connectivity index is 1.16. The minimum atomic E-state index is -0.494. The van der Waals surface area contributed by atoms with Gasteiger partial charge in [0.25, 0.3) is 0 Å². The number of likely N-dealkylation sites (tertiary alicyclic amines) is 1. The second-order valence-electron chi connectivity index (χ2n) is 10.0. The number of rotatable bonds is 8. The zero-order valence-electron chi connectivity index (χ0n) is 22.6. The summed E-state index contributed by atoms with van der Waals surface area (Å²) in [7, 11) is 0. The number of fused-ring (bicyclic) bond motifs is 1. The number of aryl methyl sites for hydroxylation is 1. The topological polar surface area (TPSA) is 102 Å². The highest BCUT2D eigenvalue weighted by Crippen LogP contribution is 2.35. The van der Waals surface area contributed by atoms with Crippen LogP contribution in [-0.4, -0.2) is 53.3 Å². The van der Waals surface area contributed by atoms with Crippen LogP contribution >= 0.6 is 0 Å². The Morgan fingerprint density at radius 1 is 1.15 bits per heavy atom. The van der Waals surface area contributed by atoms with E-state index in [1.807, 2.05) is 36.2 Å². The number of ether oxygens (including phenoxy) is 1. The Kier molecular flexibility index (Phi) is 7.15. The van der Waals surface area contributed by atoms with Gasteiger partial charge < -0.3 is 15.0 Å². The number of anilines is 2. The van der Waals surface area contributed by atoms with E-state index in [2.05, 4.69) is 32.1 Å². The van der Waals surface area contributed by atoms with Gasteiger partial charge in [0.05, 0.1) is 17.9 Å². The normalized spacial score (nSPS) is 13.9. The third kappa shape index (κ3) is 5.65. The van der Waals surface area contributed by atoms with Gasteiger partial charge in [-0.15, -0.1) is 5.10 Å². The van der Waals surface area contributed by atoms with Crippen LogP contribution in [0.1, 0.15) is 35.6 Å². The molecule has 0 spiro atoms. The molecule has 1 saturated heterocycles. The van der Waals surface area contributed by atoms with Crippen molar-refractivity contribution in [1.29, 1.82) is 0 Å². The Morgan fingerprint density at radius 3 is 2.78 bits per heavy atom. The molecule has 11 heteroatoms. The molecular weight excluding hydrogens is 523 g/mol. The predicted molar refractivity (Wildman–Crippen MR) is 152 cm³/mol. The van der Waals surface area contributed by atoms with Crippen molar-refractivity contribution in [2.24, 2.45) is 0 Å². The molecule has 0 atom stereocenters. The highest BCUT2D eigenvalue weighted by atomic mass is 19.1. The second-order valence-corrected chi connectivity index (χ2v) is 10.0. The molecule has 10 nitrogen and oxygen atoms in total. The molecule has 0 bridgehead atoms. The van der Waals surface area contributed by atoms with Crippen LogP contribution < -0.4 is 10.1 Å². The minimum absolute atomic E-state index is 0.0494. The van der Waals surface area contributed by atoms with Gasteiger partial charge in [-0.05, 0) is 73.2 Å². The molecular formula is C30H29FN8O2. The van der Waals surface area contributed by atoms with E-state index in [1.165, 1.54) is 18.5 Å². The number of benzene rings is 1. The molecule has 4 aromatic heterocycles. The van der Waals surface area contributed by atoms with E-state index in [1.54, 1.807) is 39.8 Å². The highest BCUT2D eigenvalue weighted by molar-refractivity contribution is 5.87. The Labute approximate surface area is 236 Å². The van der Waals surface area contributed by atoms with Gasteiger partial charge in [0, 0.05) is 43.8 Å². The zero-order valence-corrected chi connectivity index (χ0v) is 22.6. The monoisotopic (exact) mass is 552 g/mol. The maximum Gasteiger partial charge on any atom is 0.245 e. The number of amides is 1. The largest absolute Gasteiger partial charge is 0.437 e. The van der Waals surface area contributed by atoms with Crippen LogP contribution in [0.4, 0.5) is 15.9 Å². The fraction of sp³-hybridized carbons (Fsp3) is 0.233. The van der Waals surface area contributed by atoms with Crippen molar-refractivity contribution >= 4 is 22.9 Å². The molecule has 5 aromatic rings. The van der Waals surface area contributed by atoms with Gasteiger partial charge in [-0.25, -0.2) is 13.9 Å². The molecule has 0 unspecified atom stereocenters. The van der Waals surface area contributed by atoms with Crippen molar-refractivity contribution in [1.82, 2.24) is 34.3 Å². The van der Waals surface area contributed by atoms with E-state index >= 15 is 4.39 Å². The summed E-state index contributed by atoms with van der Waals surface area (Å²) in [5.41, 5.74) is 4.12. The number of nitrogens with one attached hydrogen (secondary N) is 1. The number of aromatic nitrogens is 6. The van der Waals surface area contributed by atoms with Gasteiger partial charge >= 0.3 is 0 Å². The first-order valence-corrected chi connectivity index (χ1v) is 13.4. The highest BCUT2D eigenvalue weighted by Gasteiger charge is 2.26. The number of carbonyl (C=O) groups is 1. The van der Waals surface area contributed by atoms with Crippen LogP contribution in [0.25, 0.3) is 5.52 Å². The average Bonchev–Trinajstić information content (AvgIpc) is 3.61. The van der Waals surface area contributed by atoms with Gasteiger partial charge in [-0.3, -0.25) is 14.5 Å². The summed E-state index contributed by atoms with van der Waals surface area (Å²) in [6.07, 6.45) is 9.85. The molecule has 1 fully saturated rings. The number of piperidine rings is 1. The maximum absolute atomic E-state index is 15.2. The number of hydrogen-bond donors (Lipinski definition) is 1.